The standard InChI is InChI=1S/C47H48Br2N2O/c1-45(2)36-14-6-10-18-41(36)50(42-19-11-7-15-37(42)45)26-30-22-34-31(23-40(30)48)28-52-29-32-25-47(5,49)33(24-35(32)34)27-51-43-20-12-8-16-38(43)46(3,4)39-17-9-13-21-44(39)51/h6,8-12,14,16-20,23,25,33-35H,7,15,22,24,26-29H2,1-5H3/t33?,34-,35?,47?/m0/s1. The third-order valence-corrected chi connectivity index (χ3v) is 15.0. The molecule has 3 aromatic rings. The Morgan fingerprint density at radius 2 is 1.56 bits per heavy atom. The van der Waals surface area contributed by atoms with Crippen LogP contribution in [0.1, 0.15) is 77.0 Å². The van der Waals surface area contributed by atoms with Gasteiger partial charge in [0.2, 0.25) is 0 Å². The van der Waals surface area contributed by atoms with Crippen LogP contribution >= 0.6 is 31.9 Å². The van der Waals surface area contributed by atoms with Crippen molar-refractivity contribution in [2.45, 2.75) is 75.5 Å². The average Bonchev–Trinajstić information content (AvgIpc) is 3.29. The molecule has 52 heavy (non-hydrogen) atoms. The van der Waals surface area contributed by atoms with Crippen molar-refractivity contribution in [1.82, 2.24) is 0 Å². The lowest BCUT2D eigenvalue weighted by Crippen LogP contribution is -2.44. The maximum Gasteiger partial charge on any atom is 0.0969 e. The van der Waals surface area contributed by atoms with Crippen molar-refractivity contribution >= 4 is 48.9 Å². The Bertz CT molecular complexity index is 2060. The summed E-state index contributed by atoms with van der Waals surface area (Å²) >= 11 is 8.38. The van der Waals surface area contributed by atoms with Crippen LogP contribution in [0.5, 0.6) is 0 Å². The van der Waals surface area contributed by atoms with E-state index in [4.69, 9.17) is 4.74 Å². The summed E-state index contributed by atoms with van der Waals surface area (Å²) in [5, 5.41) is 0. The van der Waals surface area contributed by atoms with Gasteiger partial charge in [-0.15, -0.1) is 0 Å². The van der Waals surface area contributed by atoms with E-state index in [-0.39, 0.29) is 15.2 Å². The number of nitrogens with zero attached hydrogens (tertiary/aromatic N) is 2. The molecule has 0 spiro atoms. The number of hydrogen-bond donors (Lipinski definition) is 0. The first-order valence-electron chi connectivity index (χ1n) is 19.1. The highest BCUT2D eigenvalue weighted by molar-refractivity contribution is 9.12. The number of hydrogen-bond acceptors (Lipinski definition) is 3. The van der Waals surface area contributed by atoms with Gasteiger partial charge in [-0.1, -0.05) is 114 Å². The Morgan fingerprint density at radius 1 is 0.846 bits per heavy atom. The third kappa shape index (κ3) is 5.46. The number of allylic oxidation sites excluding steroid dienone is 6. The van der Waals surface area contributed by atoms with Crippen LogP contribution in [0.4, 0.5) is 17.1 Å². The van der Waals surface area contributed by atoms with Crippen molar-refractivity contribution < 1.29 is 4.74 Å². The first-order chi connectivity index (χ1) is 24.9. The average molecular weight is 817 g/mol. The van der Waals surface area contributed by atoms with Crippen LogP contribution in [0.25, 0.3) is 0 Å². The fourth-order valence-electron chi connectivity index (χ4n) is 10.4. The largest absolute Gasteiger partial charge is 0.373 e. The van der Waals surface area contributed by atoms with E-state index in [9.17, 15) is 0 Å². The minimum atomic E-state index is -0.161. The van der Waals surface area contributed by atoms with E-state index in [0.717, 1.165) is 44.5 Å². The number of alkyl halides is 1. The molecule has 0 amide bonds. The summed E-state index contributed by atoms with van der Waals surface area (Å²) in [6, 6.07) is 29.2. The summed E-state index contributed by atoms with van der Waals surface area (Å²) in [5.41, 5.74) is 15.2. The van der Waals surface area contributed by atoms with Gasteiger partial charge in [-0.2, -0.15) is 0 Å². The molecule has 0 saturated carbocycles. The summed E-state index contributed by atoms with van der Waals surface area (Å²) < 4.78 is 7.52. The number of ether oxygens (including phenoxy) is 1. The van der Waals surface area contributed by atoms with Crippen molar-refractivity contribution in [3.8, 4) is 0 Å². The molecule has 3 aliphatic carbocycles. The zero-order valence-electron chi connectivity index (χ0n) is 31.0. The Kier molecular flexibility index (Phi) is 8.38. The summed E-state index contributed by atoms with van der Waals surface area (Å²) in [6.07, 6.45) is 14.1. The van der Waals surface area contributed by atoms with Gasteiger partial charge in [0, 0.05) is 49.8 Å². The molecule has 3 heterocycles. The Morgan fingerprint density at radius 3 is 2.35 bits per heavy atom. The Hall–Kier alpha value is -3.30. The second-order valence-electron chi connectivity index (χ2n) is 17.0. The van der Waals surface area contributed by atoms with E-state index in [0.29, 0.717) is 31.0 Å². The molecule has 0 aromatic heterocycles. The van der Waals surface area contributed by atoms with Gasteiger partial charge in [0.25, 0.3) is 0 Å². The minimum absolute atomic E-state index is 0.0249. The number of benzene rings is 2. The van der Waals surface area contributed by atoms with Crippen LogP contribution in [0.2, 0.25) is 0 Å². The van der Waals surface area contributed by atoms with Gasteiger partial charge in [0.15, 0.2) is 0 Å². The molecule has 1 saturated heterocycles. The van der Waals surface area contributed by atoms with Crippen LogP contribution in [0.3, 0.4) is 0 Å². The van der Waals surface area contributed by atoms with Gasteiger partial charge in [-0.25, -0.2) is 0 Å². The van der Waals surface area contributed by atoms with E-state index in [1.54, 1.807) is 5.57 Å². The summed E-state index contributed by atoms with van der Waals surface area (Å²) in [5.74, 6) is 1.19. The Balaban J connectivity index is 1.05. The topological polar surface area (TPSA) is 15.7 Å². The first kappa shape index (κ1) is 34.5. The zero-order valence-corrected chi connectivity index (χ0v) is 34.2. The summed E-state index contributed by atoms with van der Waals surface area (Å²) in [7, 11) is 0. The lowest BCUT2D eigenvalue weighted by molar-refractivity contribution is 0.179. The quantitative estimate of drug-likeness (QED) is 0.193. The van der Waals surface area contributed by atoms with Gasteiger partial charge in [-0.05, 0) is 132 Å². The molecule has 266 valence electrons. The molecule has 6 aliphatic rings. The van der Waals surface area contributed by atoms with E-state index in [2.05, 4.69) is 167 Å². The van der Waals surface area contributed by atoms with E-state index >= 15 is 0 Å². The molecule has 3 aromatic carbocycles. The SMILES string of the molecule is CC1(C)C2=C(C=CCC2)N(CC2=C(Br)C=C3COCC4=CC(C)(Br)C(CN5c6c#cccc6C(C)(C)c6ccccc65)CC4[C@H]3C2)c2ccccc21. The Labute approximate surface area is 327 Å². The maximum absolute atomic E-state index is 6.45. The van der Waals surface area contributed by atoms with Gasteiger partial charge >= 0.3 is 0 Å². The van der Waals surface area contributed by atoms with E-state index < -0.39 is 0 Å². The van der Waals surface area contributed by atoms with Crippen molar-refractivity contribution in [3.05, 3.63) is 146 Å². The minimum Gasteiger partial charge on any atom is -0.373 e. The summed E-state index contributed by atoms with van der Waals surface area (Å²) in [4.78, 5) is 5.16. The number of para-hydroxylation sites is 2. The van der Waals surface area contributed by atoms with Gasteiger partial charge in [0.1, 0.15) is 0 Å². The number of fused-ring (bicyclic) bond motifs is 6. The zero-order chi connectivity index (χ0) is 36.0. The predicted octanol–water partition coefficient (Wildman–Crippen LogP) is 11.8. The molecule has 5 heteroatoms. The van der Waals surface area contributed by atoms with E-state index in [1.807, 2.05) is 6.07 Å². The van der Waals surface area contributed by atoms with Crippen LogP contribution in [-0.2, 0) is 15.6 Å². The van der Waals surface area contributed by atoms with Gasteiger partial charge in [0.05, 0.1) is 18.9 Å². The molecule has 3 unspecified atom stereocenters. The number of rotatable bonds is 4. The van der Waals surface area contributed by atoms with Crippen LogP contribution in [0, 0.1) is 29.9 Å². The second kappa shape index (κ2) is 12.6. The van der Waals surface area contributed by atoms with Crippen molar-refractivity contribution in [1.29, 1.82) is 0 Å². The van der Waals surface area contributed by atoms with E-state index in [1.165, 1.54) is 55.0 Å². The third-order valence-electron chi connectivity index (χ3n) is 13.3. The van der Waals surface area contributed by atoms with Crippen LogP contribution in [-0.4, -0.2) is 30.6 Å². The second-order valence-corrected chi connectivity index (χ2v) is 19.6. The highest BCUT2D eigenvalue weighted by Gasteiger charge is 2.46. The normalized spacial score (nSPS) is 28.2. The van der Waals surface area contributed by atoms with Crippen molar-refractivity contribution in [3.63, 3.8) is 0 Å². The molecule has 4 atom stereocenters. The monoisotopic (exact) mass is 814 g/mol. The molecular formula is C47H48Br2N2O. The maximum atomic E-state index is 6.45. The van der Waals surface area contributed by atoms with Crippen LogP contribution < -0.4 is 9.80 Å². The summed E-state index contributed by atoms with van der Waals surface area (Å²) in [6.45, 7) is 15.1. The lowest BCUT2D eigenvalue weighted by atomic mass is 9.66. The van der Waals surface area contributed by atoms with Crippen molar-refractivity contribution in [2.75, 3.05) is 36.1 Å². The highest BCUT2D eigenvalue weighted by Crippen LogP contribution is 2.54. The molecule has 0 bridgehead atoms. The van der Waals surface area contributed by atoms with Gasteiger partial charge in [-0.3, -0.25) is 0 Å². The fraction of sp³-hybridized carbons (Fsp3) is 0.404. The first-order valence-corrected chi connectivity index (χ1v) is 20.7. The predicted molar refractivity (Wildman–Crippen MR) is 222 cm³/mol. The lowest BCUT2D eigenvalue weighted by Gasteiger charge is -2.47. The molecule has 3 aliphatic heterocycles. The van der Waals surface area contributed by atoms with Crippen molar-refractivity contribution in [2.24, 2.45) is 17.8 Å². The highest BCUT2D eigenvalue weighted by atomic mass is 79.9. The molecule has 0 radical (unpaired) electrons. The van der Waals surface area contributed by atoms with Crippen LogP contribution in [0.15, 0.2) is 117 Å². The smallest absolute Gasteiger partial charge is 0.0969 e. The molecule has 0 N–H and O–H groups in total. The molecular weight excluding hydrogens is 768 g/mol. The van der Waals surface area contributed by atoms with Gasteiger partial charge < -0.3 is 14.5 Å². The molecule has 9 rings (SSSR count). The number of anilines is 3. The molecule has 3 nitrogen and oxygen atoms in total. The molecule has 1 fully saturated rings. The fourth-order valence-corrected chi connectivity index (χ4v) is 11.6. The number of halogens is 2.